The summed E-state index contributed by atoms with van der Waals surface area (Å²) in [7, 11) is 1.58. The summed E-state index contributed by atoms with van der Waals surface area (Å²) in [5.74, 6) is -0.302. The molecule has 0 radical (unpaired) electrons. The molecule has 8 heteroatoms. The molecule has 6 nitrogen and oxygen atoms in total. The molecule has 0 saturated heterocycles. The third kappa shape index (κ3) is 4.92. The van der Waals surface area contributed by atoms with Crippen molar-refractivity contribution in [2.24, 2.45) is 0 Å². The fraction of sp³-hybridized carbons (Fsp3) is 0.308. The van der Waals surface area contributed by atoms with Crippen molar-refractivity contribution < 1.29 is 14.3 Å². The van der Waals surface area contributed by atoms with Crippen LogP contribution in [-0.4, -0.2) is 37.1 Å². The first kappa shape index (κ1) is 15.6. The van der Waals surface area contributed by atoms with Crippen LogP contribution < -0.4 is 10.6 Å². The molecule has 0 spiro atoms. The highest BCUT2D eigenvalue weighted by molar-refractivity contribution is 7.14. The summed E-state index contributed by atoms with van der Waals surface area (Å²) < 4.78 is 4.85. The van der Waals surface area contributed by atoms with E-state index in [1.54, 1.807) is 18.6 Å². The zero-order valence-corrected chi connectivity index (χ0v) is 13.1. The summed E-state index contributed by atoms with van der Waals surface area (Å²) in [6, 6.07) is 3.56. The number of anilines is 1. The second-order valence-electron chi connectivity index (χ2n) is 4.09. The molecule has 0 aliphatic carbocycles. The second kappa shape index (κ2) is 7.87. The Morgan fingerprint density at radius 2 is 2.24 bits per heavy atom. The normalized spacial score (nSPS) is 10.3. The number of aromatic nitrogens is 1. The average molecular weight is 325 g/mol. The molecule has 2 rings (SSSR count). The molecule has 0 unspecified atom stereocenters. The van der Waals surface area contributed by atoms with Crippen molar-refractivity contribution in [1.82, 2.24) is 10.3 Å². The Morgan fingerprint density at radius 1 is 1.38 bits per heavy atom. The van der Waals surface area contributed by atoms with Gasteiger partial charge in [-0.05, 0) is 11.4 Å². The Labute approximate surface area is 130 Å². The van der Waals surface area contributed by atoms with Crippen molar-refractivity contribution in [2.75, 3.05) is 25.6 Å². The minimum absolute atomic E-state index is 0.117. The second-order valence-corrected chi connectivity index (χ2v) is 5.90. The van der Waals surface area contributed by atoms with Gasteiger partial charge in [0.25, 0.3) is 5.91 Å². The summed E-state index contributed by atoms with van der Waals surface area (Å²) in [6.07, 6.45) is 0.190. The Hall–Kier alpha value is -1.77. The van der Waals surface area contributed by atoms with Gasteiger partial charge >= 0.3 is 0 Å². The number of thiophene rings is 1. The van der Waals surface area contributed by atoms with Crippen LogP contribution in [0.3, 0.4) is 0 Å². The van der Waals surface area contributed by atoms with Gasteiger partial charge in [-0.15, -0.1) is 22.7 Å². The number of rotatable bonds is 7. The van der Waals surface area contributed by atoms with Gasteiger partial charge in [0, 0.05) is 19.0 Å². The SMILES string of the molecule is COCCNC(=O)Cc1csc(NC(=O)c2cccs2)n1. The van der Waals surface area contributed by atoms with E-state index in [1.807, 2.05) is 11.4 Å². The van der Waals surface area contributed by atoms with Gasteiger partial charge < -0.3 is 10.1 Å². The van der Waals surface area contributed by atoms with E-state index in [4.69, 9.17) is 4.74 Å². The number of carbonyl (C=O) groups excluding carboxylic acids is 2. The third-order valence-corrected chi connectivity index (χ3v) is 4.16. The zero-order chi connectivity index (χ0) is 15.1. The predicted molar refractivity (Wildman–Crippen MR) is 83.0 cm³/mol. The number of amides is 2. The van der Waals surface area contributed by atoms with Gasteiger partial charge in [0.05, 0.1) is 23.6 Å². The first-order chi connectivity index (χ1) is 10.2. The summed E-state index contributed by atoms with van der Waals surface area (Å²) in [6.45, 7) is 0.951. The van der Waals surface area contributed by atoms with E-state index in [-0.39, 0.29) is 18.2 Å². The van der Waals surface area contributed by atoms with Crippen molar-refractivity contribution in [3.8, 4) is 0 Å². The molecule has 0 aliphatic heterocycles. The van der Waals surface area contributed by atoms with Crippen LogP contribution in [0.15, 0.2) is 22.9 Å². The highest BCUT2D eigenvalue weighted by Gasteiger charge is 2.11. The van der Waals surface area contributed by atoms with Crippen molar-refractivity contribution >= 4 is 39.6 Å². The maximum absolute atomic E-state index is 11.9. The maximum atomic E-state index is 11.9. The zero-order valence-electron chi connectivity index (χ0n) is 11.4. The third-order valence-electron chi connectivity index (χ3n) is 2.49. The Morgan fingerprint density at radius 3 is 2.95 bits per heavy atom. The predicted octanol–water partition coefficient (Wildman–Crippen LogP) is 1.76. The number of hydrogen-bond acceptors (Lipinski definition) is 6. The molecule has 2 amide bonds. The molecule has 112 valence electrons. The smallest absolute Gasteiger partial charge is 0.267 e. The first-order valence-corrected chi connectivity index (χ1v) is 8.00. The van der Waals surface area contributed by atoms with Crippen molar-refractivity contribution in [3.05, 3.63) is 33.5 Å². The Balaban J connectivity index is 1.84. The average Bonchev–Trinajstić information content (AvgIpc) is 3.10. The standard InChI is InChI=1S/C13H15N3O3S2/c1-19-5-4-14-11(17)7-9-8-21-13(15-9)16-12(18)10-3-2-6-20-10/h2-3,6,8H,4-5,7H2,1H3,(H,14,17)(H,15,16,18). The summed E-state index contributed by atoms with van der Waals surface area (Å²) in [4.78, 5) is 28.3. The number of nitrogens with zero attached hydrogens (tertiary/aromatic N) is 1. The van der Waals surface area contributed by atoms with Crippen LogP contribution in [0, 0.1) is 0 Å². The van der Waals surface area contributed by atoms with Gasteiger partial charge in [0.1, 0.15) is 0 Å². The minimum atomic E-state index is -0.185. The number of carbonyl (C=O) groups is 2. The van der Waals surface area contributed by atoms with E-state index in [1.165, 1.54) is 22.7 Å². The molecular weight excluding hydrogens is 310 g/mol. The van der Waals surface area contributed by atoms with E-state index in [9.17, 15) is 9.59 Å². The van der Waals surface area contributed by atoms with E-state index >= 15 is 0 Å². The summed E-state index contributed by atoms with van der Waals surface area (Å²) in [5.41, 5.74) is 0.636. The number of methoxy groups -OCH3 is 1. The van der Waals surface area contributed by atoms with E-state index in [2.05, 4.69) is 15.6 Å². The Kier molecular flexibility index (Phi) is 5.85. The lowest BCUT2D eigenvalue weighted by molar-refractivity contribution is -0.120. The lowest BCUT2D eigenvalue weighted by Crippen LogP contribution is -2.28. The van der Waals surface area contributed by atoms with Crippen LogP contribution in [0.1, 0.15) is 15.4 Å². The molecule has 2 N–H and O–H groups in total. The van der Waals surface area contributed by atoms with Crippen LogP contribution in [-0.2, 0) is 16.0 Å². The topological polar surface area (TPSA) is 80.3 Å². The maximum Gasteiger partial charge on any atom is 0.267 e. The van der Waals surface area contributed by atoms with Crippen LogP contribution in [0.5, 0.6) is 0 Å². The van der Waals surface area contributed by atoms with Crippen molar-refractivity contribution in [2.45, 2.75) is 6.42 Å². The van der Waals surface area contributed by atoms with Gasteiger partial charge in [-0.2, -0.15) is 0 Å². The fourth-order valence-electron chi connectivity index (χ4n) is 1.53. The molecule has 0 fully saturated rings. The van der Waals surface area contributed by atoms with Crippen LogP contribution in [0.25, 0.3) is 0 Å². The van der Waals surface area contributed by atoms with Gasteiger partial charge in [0.2, 0.25) is 5.91 Å². The largest absolute Gasteiger partial charge is 0.383 e. The van der Waals surface area contributed by atoms with E-state index in [0.717, 1.165) is 0 Å². The van der Waals surface area contributed by atoms with Crippen LogP contribution in [0.4, 0.5) is 5.13 Å². The molecule has 0 saturated carbocycles. The number of ether oxygens (including phenoxy) is 1. The molecule has 0 atom stereocenters. The number of thiazole rings is 1. The van der Waals surface area contributed by atoms with Crippen molar-refractivity contribution in [3.63, 3.8) is 0 Å². The lowest BCUT2D eigenvalue weighted by atomic mass is 10.3. The van der Waals surface area contributed by atoms with Gasteiger partial charge in [0.15, 0.2) is 5.13 Å². The van der Waals surface area contributed by atoms with Crippen molar-refractivity contribution in [1.29, 1.82) is 0 Å². The molecule has 2 aromatic heterocycles. The summed E-state index contributed by atoms with van der Waals surface area (Å²) in [5, 5.41) is 9.53. The number of hydrogen-bond donors (Lipinski definition) is 2. The molecule has 21 heavy (non-hydrogen) atoms. The lowest BCUT2D eigenvalue weighted by Gasteiger charge is -2.02. The highest BCUT2D eigenvalue weighted by atomic mass is 32.1. The van der Waals surface area contributed by atoms with Crippen LogP contribution in [0.2, 0.25) is 0 Å². The molecule has 2 aromatic rings. The first-order valence-electron chi connectivity index (χ1n) is 6.24. The quantitative estimate of drug-likeness (QED) is 0.760. The molecule has 0 aromatic carbocycles. The highest BCUT2D eigenvalue weighted by Crippen LogP contribution is 2.18. The van der Waals surface area contributed by atoms with E-state index < -0.39 is 0 Å². The van der Waals surface area contributed by atoms with Gasteiger partial charge in [-0.1, -0.05) is 6.07 Å². The van der Waals surface area contributed by atoms with Crippen LogP contribution >= 0.6 is 22.7 Å². The molecule has 2 heterocycles. The molecule has 0 aliphatic rings. The number of nitrogens with one attached hydrogen (secondary N) is 2. The van der Waals surface area contributed by atoms with Gasteiger partial charge in [-0.25, -0.2) is 4.98 Å². The van der Waals surface area contributed by atoms with E-state index in [0.29, 0.717) is 28.9 Å². The molecule has 0 bridgehead atoms. The minimum Gasteiger partial charge on any atom is -0.383 e. The summed E-state index contributed by atoms with van der Waals surface area (Å²) >= 11 is 2.67. The van der Waals surface area contributed by atoms with Gasteiger partial charge in [-0.3, -0.25) is 14.9 Å². The monoisotopic (exact) mass is 325 g/mol. The Bertz CT molecular complexity index is 596. The molecular formula is C13H15N3O3S2. The fourth-order valence-corrected chi connectivity index (χ4v) is 2.86.